The van der Waals surface area contributed by atoms with Crippen molar-refractivity contribution in [3.63, 3.8) is 0 Å². The summed E-state index contributed by atoms with van der Waals surface area (Å²) >= 11 is 5.64. The molecule has 1 heterocycles. The monoisotopic (exact) mass is 182 g/mol. The number of hydrogen-bond donors (Lipinski definition) is 1. The van der Waals surface area contributed by atoms with Crippen LogP contribution in [-0.2, 0) is 0 Å². The molecule has 0 aliphatic heterocycles. The first kappa shape index (κ1) is 9.07. The quantitative estimate of drug-likeness (QED) is 0.679. The molecule has 12 heavy (non-hydrogen) atoms. The summed E-state index contributed by atoms with van der Waals surface area (Å²) in [6.45, 7) is 4.02. The zero-order valence-corrected chi connectivity index (χ0v) is 7.89. The van der Waals surface area contributed by atoms with E-state index in [9.17, 15) is 0 Å². The number of pyridine rings is 1. The number of nitrogens with two attached hydrogens (primary N) is 1. The van der Waals surface area contributed by atoms with Crippen LogP contribution in [0.3, 0.4) is 0 Å². The van der Waals surface area contributed by atoms with Crippen LogP contribution in [-0.4, -0.2) is 4.98 Å². The van der Waals surface area contributed by atoms with Crippen molar-refractivity contribution >= 4 is 23.5 Å². The summed E-state index contributed by atoms with van der Waals surface area (Å²) in [6, 6.07) is 3.59. The van der Waals surface area contributed by atoms with Gasteiger partial charge < -0.3 is 5.73 Å². The van der Waals surface area contributed by atoms with Gasteiger partial charge in [-0.25, -0.2) is 4.98 Å². The fourth-order valence-corrected chi connectivity index (χ4v) is 1.05. The topological polar surface area (TPSA) is 38.9 Å². The normalized spacial score (nSPS) is 9.58. The third-order valence-electron chi connectivity index (χ3n) is 1.37. The largest absolute Gasteiger partial charge is 0.383 e. The highest BCUT2D eigenvalue weighted by Gasteiger charge is 1.97. The van der Waals surface area contributed by atoms with Gasteiger partial charge in [-0.15, -0.1) is 0 Å². The number of nitrogens with zero attached hydrogens (tertiary/aromatic N) is 1. The second-order valence-electron chi connectivity index (χ2n) is 2.83. The maximum Gasteiger partial charge on any atom is 0.132 e. The van der Waals surface area contributed by atoms with E-state index in [-0.39, 0.29) is 0 Å². The molecule has 0 saturated carbocycles. The Bertz CT molecular complexity index is 314. The molecule has 64 valence electrons. The van der Waals surface area contributed by atoms with Gasteiger partial charge in [-0.3, -0.25) is 0 Å². The maximum atomic E-state index is 5.64. The maximum absolute atomic E-state index is 5.64. The molecule has 3 heteroatoms. The minimum atomic E-state index is 0.429. The van der Waals surface area contributed by atoms with Crippen LogP contribution >= 0.6 is 11.6 Å². The van der Waals surface area contributed by atoms with Crippen molar-refractivity contribution in [2.75, 3.05) is 5.73 Å². The Hall–Kier alpha value is -1.02. The first-order valence-corrected chi connectivity index (χ1v) is 4.04. The van der Waals surface area contributed by atoms with Crippen LogP contribution in [0.2, 0.25) is 5.15 Å². The Morgan fingerprint density at radius 1 is 1.50 bits per heavy atom. The van der Waals surface area contributed by atoms with Crippen molar-refractivity contribution in [3.8, 4) is 0 Å². The highest BCUT2D eigenvalue weighted by Crippen LogP contribution is 2.15. The Labute approximate surface area is 77.1 Å². The van der Waals surface area contributed by atoms with Crippen LogP contribution < -0.4 is 5.73 Å². The lowest BCUT2D eigenvalue weighted by molar-refractivity contribution is 1.32. The summed E-state index contributed by atoms with van der Waals surface area (Å²) in [4.78, 5) is 3.93. The predicted molar refractivity (Wildman–Crippen MR) is 53.0 cm³/mol. The standard InChI is InChI=1S/C9H11ClN2/c1-6(2)5-7-3-4-8(10)12-9(7)11/h3-5H,1-2H3,(H2,11,12). The van der Waals surface area contributed by atoms with Crippen LogP contribution in [0.1, 0.15) is 19.4 Å². The van der Waals surface area contributed by atoms with E-state index in [0.717, 1.165) is 5.56 Å². The zero-order chi connectivity index (χ0) is 9.14. The zero-order valence-electron chi connectivity index (χ0n) is 7.13. The number of anilines is 1. The Morgan fingerprint density at radius 3 is 2.67 bits per heavy atom. The molecule has 0 fully saturated rings. The first-order chi connectivity index (χ1) is 5.59. The molecule has 2 nitrogen and oxygen atoms in total. The lowest BCUT2D eigenvalue weighted by atomic mass is 10.2. The van der Waals surface area contributed by atoms with Crippen molar-refractivity contribution < 1.29 is 0 Å². The lowest BCUT2D eigenvalue weighted by Crippen LogP contribution is -1.93. The molecular weight excluding hydrogens is 172 g/mol. The fourth-order valence-electron chi connectivity index (χ4n) is 0.894. The number of hydrogen-bond acceptors (Lipinski definition) is 2. The number of halogens is 1. The van der Waals surface area contributed by atoms with E-state index < -0.39 is 0 Å². The van der Waals surface area contributed by atoms with E-state index in [4.69, 9.17) is 17.3 Å². The third kappa shape index (κ3) is 2.24. The average Bonchev–Trinajstić information content (AvgIpc) is 1.94. The van der Waals surface area contributed by atoms with E-state index in [0.29, 0.717) is 11.0 Å². The third-order valence-corrected chi connectivity index (χ3v) is 1.58. The summed E-state index contributed by atoms with van der Waals surface area (Å²) in [5.41, 5.74) is 7.73. The molecule has 0 unspecified atom stereocenters. The van der Waals surface area contributed by atoms with Crippen LogP contribution in [0.4, 0.5) is 5.82 Å². The van der Waals surface area contributed by atoms with Gasteiger partial charge in [-0.2, -0.15) is 0 Å². The van der Waals surface area contributed by atoms with Crippen LogP contribution in [0.15, 0.2) is 17.7 Å². The van der Waals surface area contributed by atoms with Crippen molar-refractivity contribution in [1.82, 2.24) is 4.98 Å². The van der Waals surface area contributed by atoms with E-state index >= 15 is 0 Å². The van der Waals surface area contributed by atoms with Gasteiger partial charge in [-0.05, 0) is 26.0 Å². The van der Waals surface area contributed by atoms with Crippen LogP contribution in [0.5, 0.6) is 0 Å². The van der Waals surface area contributed by atoms with E-state index in [1.807, 2.05) is 26.0 Å². The molecule has 0 radical (unpaired) electrons. The number of rotatable bonds is 1. The van der Waals surface area contributed by atoms with Gasteiger partial charge in [0, 0.05) is 5.56 Å². The van der Waals surface area contributed by atoms with E-state index in [2.05, 4.69) is 4.98 Å². The smallest absolute Gasteiger partial charge is 0.132 e. The second-order valence-corrected chi connectivity index (χ2v) is 3.22. The van der Waals surface area contributed by atoms with Crippen LogP contribution in [0, 0.1) is 0 Å². The second kappa shape index (κ2) is 3.59. The highest BCUT2D eigenvalue weighted by molar-refractivity contribution is 6.29. The molecule has 0 aliphatic carbocycles. The molecule has 0 aromatic carbocycles. The Kier molecular flexibility index (Phi) is 2.71. The molecule has 0 bridgehead atoms. The minimum Gasteiger partial charge on any atom is -0.383 e. The van der Waals surface area contributed by atoms with Crippen molar-refractivity contribution in [1.29, 1.82) is 0 Å². The Morgan fingerprint density at radius 2 is 2.17 bits per heavy atom. The van der Waals surface area contributed by atoms with Gasteiger partial charge in [0.25, 0.3) is 0 Å². The summed E-state index contributed by atoms with van der Waals surface area (Å²) in [6.07, 6.45) is 1.97. The Balaban J connectivity index is 3.10. The van der Waals surface area contributed by atoms with Crippen molar-refractivity contribution in [3.05, 3.63) is 28.4 Å². The molecule has 1 rings (SSSR count). The molecular formula is C9H11ClN2. The SMILES string of the molecule is CC(C)=Cc1ccc(Cl)nc1N. The molecule has 0 atom stereocenters. The fraction of sp³-hybridized carbons (Fsp3) is 0.222. The molecule has 1 aromatic rings. The highest BCUT2D eigenvalue weighted by atomic mass is 35.5. The predicted octanol–water partition coefficient (Wildman–Crippen LogP) is 2.74. The average molecular weight is 183 g/mol. The summed E-state index contributed by atoms with van der Waals surface area (Å²) < 4.78 is 0. The van der Waals surface area contributed by atoms with Gasteiger partial charge >= 0.3 is 0 Å². The number of aromatic nitrogens is 1. The summed E-state index contributed by atoms with van der Waals surface area (Å²) in [5.74, 6) is 0.476. The number of allylic oxidation sites excluding steroid dienone is 1. The van der Waals surface area contributed by atoms with Gasteiger partial charge in [0.05, 0.1) is 0 Å². The molecule has 2 N–H and O–H groups in total. The van der Waals surface area contributed by atoms with Gasteiger partial charge in [0.15, 0.2) is 0 Å². The first-order valence-electron chi connectivity index (χ1n) is 3.66. The molecule has 0 amide bonds. The molecule has 1 aromatic heterocycles. The lowest BCUT2D eigenvalue weighted by Gasteiger charge is -1.99. The van der Waals surface area contributed by atoms with Crippen molar-refractivity contribution in [2.24, 2.45) is 0 Å². The van der Waals surface area contributed by atoms with Crippen molar-refractivity contribution in [2.45, 2.75) is 13.8 Å². The number of nitrogen functional groups attached to an aromatic ring is 1. The van der Waals surface area contributed by atoms with E-state index in [1.165, 1.54) is 5.57 Å². The van der Waals surface area contributed by atoms with E-state index in [1.54, 1.807) is 6.07 Å². The minimum absolute atomic E-state index is 0.429. The summed E-state index contributed by atoms with van der Waals surface area (Å²) in [7, 11) is 0. The molecule has 0 saturated heterocycles. The van der Waals surface area contributed by atoms with Gasteiger partial charge in [0.2, 0.25) is 0 Å². The van der Waals surface area contributed by atoms with Gasteiger partial charge in [0.1, 0.15) is 11.0 Å². The molecule has 0 spiro atoms. The van der Waals surface area contributed by atoms with Gasteiger partial charge in [-0.1, -0.05) is 23.3 Å². The van der Waals surface area contributed by atoms with Crippen LogP contribution in [0.25, 0.3) is 6.08 Å². The summed E-state index contributed by atoms with van der Waals surface area (Å²) in [5, 5.41) is 0.429. The molecule has 0 aliphatic rings.